The molecule has 1 aromatic carbocycles. The zero-order valence-corrected chi connectivity index (χ0v) is 15.6. The number of carbonyl (C=O) groups is 2. The van der Waals surface area contributed by atoms with Crippen molar-refractivity contribution >= 4 is 17.5 Å². The molecule has 2 aromatic rings. The van der Waals surface area contributed by atoms with E-state index in [4.69, 9.17) is 14.2 Å². The minimum Gasteiger partial charge on any atom is -0.486 e. The summed E-state index contributed by atoms with van der Waals surface area (Å²) in [4.78, 5) is 26.7. The second kappa shape index (κ2) is 7.89. The monoisotopic (exact) mass is 386 g/mol. The van der Waals surface area contributed by atoms with E-state index in [1.807, 2.05) is 6.92 Å². The summed E-state index contributed by atoms with van der Waals surface area (Å²) in [6.45, 7) is 4.99. The normalized spacial score (nSPS) is 16.0. The number of fused-ring (bicyclic) bond motifs is 1. The van der Waals surface area contributed by atoms with Crippen molar-refractivity contribution in [1.82, 2.24) is 14.7 Å². The first-order valence-electron chi connectivity index (χ1n) is 9.21. The van der Waals surface area contributed by atoms with Gasteiger partial charge in [0.15, 0.2) is 17.2 Å². The Labute approximate surface area is 162 Å². The topological polar surface area (TPSA) is 94.9 Å². The largest absolute Gasteiger partial charge is 0.486 e. The van der Waals surface area contributed by atoms with E-state index in [0.29, 0.717) is 62.4 Å². The van der Waals surface area contributed by atoms with E-state index in [1.165, 1.54) is 4.68 Å². The van der Waals surface area contributed by atoms with Crippen molar-refractivity contribution in [1.29, 1.82) is 0 Å². The molecule has 0 unspecified atom stereocenters. The predicted molar refractivity (Wildman–Crippen MR) is 99.7 cm³/mol. The van der Waals surface area contributed by atoms with Crippen LogP contribution >= 0.6 is 0 Å². The molecule has 0 spiro atoms. The van der Waals surface area contributed by atoms with E-state index < -0.39 is 0 Å². The maximum atomic E-state index is 12.5. The van der Waals surface area contributed by atoms with E-state index in [1.54, 1.807) is 29.2 Å². The summed E-state index contributed by atoms with van der Waals surface area (Å²) in [7, 11) is 0. The second-order valence-electron chi connectivity index (χ2n) is 6.64. The molecule has 3 heterocycles. The quantitative estimate of drug-likeness (QED) is 0.845. The number of hydrogen-bond acceptors (Lipinski definition) is 6. The Morgan fingerprint density at radius 1 is 1.07 bits per heavy atom. The van der Waals surface area contributed by atoms with Gasteiger partial charge < -0.3 is 24.4 Å². The lowest BCUT2D eigenvalue weighted by Gasteiger charge is -2.25. The van der Waals surface area contributed by atoms with Crippen molar-refractivity contribution in [2.75, 3.05) is 44.8 Å². The van der Waals surface area contributed by atoms with Crippen LogP contribution in [-0.4, -0.2) is 66.0 Å². The number of morpholine rings is 1. The molecule has 1 saturated heterocycles. The van der Waals surface area contributed by atoms with Gasteiger partial charge in [-0.15, -0.1) is 0 Å². The van der Waals surface area contributed by atoms with Gasteiger partial charge in [0.2, 0.25) is 5.91 Å². The van der Waals surface area contributed by atoms with Crippen molar-refractivity contribution in [3.8, 4) is 11.5 Å². The molecule has 2 aliphatic rings. The third-order valence-electron chi connectivity index (χ3n) is 4.62. The van der Waals surface area contributed by atoms with E-state index >= 15 is 0 Å². The van der Waals surface area contributed by atoms with Crippen LogP contribution in [0.2, 0.25) is 0 Å². The number of nitrogens with zero attached hydrogens (tertiary/aromatic N) is 3. The van der Waals surface area contributed by atoms with Gasteiger partial charge in [0.05, 0.1) is 13.2 Å². The molecule has 148 valence electrons. The number of ether oxygens (including phenoxy) is 3. The molecular formula is C19H22N4O5. The molecule has 28 heavy (non-hydrogen) atoms. The Hall–Kier alpha value is -3.07. The predicted octanol–water partition coefficient (Wildman–Crippen LogP) is 1.07. The van der Waals surface area contributed by atoms with Crippen LogP contribution in [-0.2, 0) is 16.1 Å². The summed E-state index contributed by atoms with van der Waals surface area (Å²) in [5.41, 5.74) is 1.70. The summed E-state index contributed by atoms with van der Waals surface area (Å²) >= 11 is 0. The minimum atomic E-state index is -0.242. The van der Waals surface area contributed by atoms with Crippen LogP contribution in [0.25, 0.3) is 0 Å². The van der Waals surface area contributed by atoms with Crippen molar-refractivity contribution < 1.29 is 23.8 Å². The summed E-state index contributed by atoms with van der Waals surface area (Å²) < 4.78 is 17.8. The highest BCUT2D eigenvalue weighted by molar-refractivity contribution is 5.93. The number of nitrogens with one attached hydrogen (secondary N) is 1. The van der Waals surface area contributed by atoms with Crippen LogP contribution in [0.1, 0.15) is 16.2 Å². The van der Waals surface area contributed by atoms with Crippen LogP contribution in [0.15, 0.2) is 24.3 Å². The average molecular weight is 386 g/mol. The minimum absolute atomic E-state index is 0.0106. The molecule has 0 radical (unpaired) electrons. The van der Waals surface area contributed by atoms with E-state index in [2.05, 4.69) is 10.4 Å². The maximum absolute atomic E-state index is 12.5. The Morgan fingerprint density at radius 3 is 2.61 bits per heavy atom. The number of benzene rings is 1. The first-order valence-corrected chi connectivity index (χ1v) is 9.21. The number of rotatable bonds is 4. The first kappa shape index (κ1) is 18.3. The highest BCUT2D eigenvalue weighted by atomic mass is 16.6. The number of aryl methyl sites for hydroxylation is 1. The standard InChI is InChI=1S/C19H22N4O5/c1-13-10-15(19(25)22-4-6-26-7-5-22)21-23(13)12-18(24)20-14-2-3-16-17(11-14)28-9-8-27-16/h2-3,10-11H,4-9,12H2,1H3,(H,20,24). The molecule has 1 aromatic heterocycles. The van der Waals surface area contributed by atoms with Crippen LogP contribution < -0.4 is 14.8 Å². The van der Waals surface area contributed by atoms with Gasteiger partial charge in [0, 0.05) is 30.5 Å². The number of carbonyl (C=O) groups excluding carboxylic acids is 2. The van der Waals surface area contributed by atoms with Gasteiger partial charge in [-0.1, -0.05) is 0 Å². The average Bonchev–Trinajstić information content (AvgIpc) is 3.08. The Balaban J connectivity index is 1.40. The molecule has 0 bridgehead atoms. The molecule has 2 aliphatic heterocycles. The number of aromatic nitrogens is 2. The van der Waals surface area contributed by atoms with Crippen molar-refractivity contribution in [3.05, 3.63) is 35.7 Å². The zero-order chi connectivity index (χ0) is 19.5. The van der Waals surface area contributed by atoms with E-state index in [9.17, 15) is 9.59 Å². The molecule has 0 saturated carbocycles. The smallest absolute Gasteiger partial charge is 0.274 e. The van der Waals surface area contributed by atoms with Gasteiger partial charge in [0.1, 0.15) is 19.8 Å². The lowest BCUT2D eigenvalue weighted by molar-refractivity contribution is -0.116. The molecule has 0 aliphatic carbocycles. The van der Waals surface area contributed by atoms with Crippen molar-refractivity contribution in [2.45, 2.75) is 13.5 Å². The zero-order valence-electron chi connectivity index (χ0n) is 15.6. The molecule has 9 heteroatoms. The Bertz CT molecular complexity index is 888. The second-order valence-corrected chi connectivity index (χ2v) is 6.64. The third kappa shape index (κ3) is 3.94. The summed E-state index contributed by atoms with van der Waals surface area (Å²) in [6, 6.07) is 6.96. The Kier molecular flexibility index (Phi) is 5.16. The maximum Gasteiger partial charge on any atom is 0.274 e. The lowest BCUT2D eigenvalue weighted by atomic mass is 10.2. The molecule has 9 nitrogen and oxygen atoms in total. The molecule has 1 fully saturated rings. The van der Waals surface area contributed by atoms with Gasteiger partial charge >= 0.3 is 0 Å². The highest BCUT2D eigenvalue weighted by Crippen LogP contribution is 2.32. The van der Waals surface area contributed by atoms with Crippen molar-refractivity contribution in [2.24, 2.45) is 0 Å². The van der Waals surface area contributed by atoms with Crippen LogP contribution in [0, 0.1) is 6.92 Å². The van der Waals surface area contributed by atoms with Gasteiger partial charge in [-0.25, -0.2) is 0 Å². The Morgan fingerprint density at radius 2 is 1.82 bits per heavy atom. The fraction of sp³-hybridized carbons (Fsp3) is 0.421. The highest BCUT2D eigenvalue weighted by Gasteiger charge is 2.22. The van der Waals surface area contributed by atoms with E-state index in [-0.39, 0.29) is 18.4 Å². The number of hydrogen-bond donors (Lipinski definition) is 1. The molecule has 1 N–H and O–H groups in total. The molecular weight excluding hydrogens is 364 g/mol. The third-order valence-corrected chi connectivity index (χ3v) is 4.62. The summed E-state index contributed by atoms with van der Waals surface area (Å²) in [6.07, 6.45) is 0. The van der Waals surface area contributed by atoms with Gasteiger partial charge in [-0.2, -0.15) is 5.10 Å². The van der Waals surface area contributed by atoms with Gasteiger partial charge in [0.25, 0.3) is 5.91 Å². The number of amides is 2. The SMILES string of the molecule is Cc1cc(C(=O)N2CCOCC2)nn1CC(=O)Nc1ccc2c(c1)OCCO2. The van der Waals surface area contributed by atoms with Gasteiger partial charge in [-0.05, 0) is 25.1 Å². The summed E-state index contributed by atoms with van der Waals surface area (Å²) in [5, 5.41) is 7.14. The molecule has 2 amide bonds. The first-order chi connectivity index (χ1) is 13.6. The van der Waals surface area contributed by atoms with E-state index in [0.717, 1.165) is 5.69 Å². The van der Waals surface area contributed by atoms with Crippen molar-refractivity contribution in [3.63, 3.8) is 0 Å². The fourth-order valence-corrected chi connectivity index (χ4v) is 3.16. The summed E-state index contributed by atoms with van der Waals surface area (Å²) in [5.74, 6) is 0.891. The molecule has 0 atom stereocenters. The van der Waals surface area contributed by atoms with Crippen LogP contribution in [0.3, 0.4) is 0 Å². The fourth-order valence-electron chi connectivity index (χ4n) is 3.16. The lowest BCUT2D eigenvalue weighted by Crippen LogP contribution is -2.40. The van der Waals surface area contributed by atoms with Crippen LogP contribution in [0.4, 0.5) is 5.69 Å². The van der Waals surface area contributed by atoms with Crippen LogP contribution in [0.5, 0.6) is 11.5 Å². The van der Waals surface area contributed by atoms with Gasteiger partial charge in [-0.3, -0.25) is 14.3 Å². The number of anilines is 1. The molecule has 4 rings (SSSR count).